The molecule has 0 heterocycles. The Morgan fingerprint density at radius 1 is 1.29 bits per heavy atom. The second-order valence-corrected chi connectivity index (χ2v) is 10.0. The van der Waals surface area contributed by atoms with E-state index in [1.54, 1.807) is 0 Å². The normalized spacial score (nSPS) is 14.9. The molecular weight excluding hydrogens is 224 g/mol. The lowest BCUT2D eigenvalue weighted by atomic mass is 10.4. The minimum Gasteiger partial charge on any atom is -0.518 e. The third-order valence-electron chi connectivity index (χ3n) is 1.06. The van der Waals surface area contributed by atoms with E-state index in [-0.39, 0.29) is 0 Å². The van der Waals surface area contributed by atoms with Crippen LogP contribution >= 0.6 is 0 Å². The number of hydrogen-bond donors (Lipinski definition) is 0. The molecule has 0 saturated carbocycles. The highest BCUT2D eigenvalue weighted by Gasteiger charge is 2.26. The van der Waals surface area contributed by atoms with Gasteiger partial charge in [0, 0.05) is 0 Å². The van der Waals surface area contributed by atoms with E-state index in [9.17, 15) is 13.2 Å². The van der Waals surface area contributed by atoms with Gasteiger partial charge >= 0.3 is 5.97 Å². The molecule has 0 N–H and O–H groups in total. The quantitative estimate of drug-likeness (QED) is 0.535. The molecule has 5 nitrogen and oxygen atoms in total. The lowest BCUT2D eigenvalue weighted by Crippen LogP contribution is -2.35. The predicted octanol–water partition coefficient (Wildman–Crippen LogP) is 0.729. The van der Waals surface area contributed by atoms with Gasteiger partial charge in [0.05, 0.1) is 6.26 Å². The van der Waals surface area contributed by atoms with Gasteiger partial charge in [-0.3, -0.25) is 8.98 Å². The van der Waals surface area contributed by atoms with Crippen LogP contribution < -0.4 is 0 Å². The van der Waals surface area contributed by atoms with Gasteiger partial charge in [-0.1, -0.05) is 0 Å². The van der Waals surface area contributed by atoms with Crippen molar-refractivity contribution < 1.29 is 21.8 Å². The van der Waals surface area contributed by atoms with Crippen molar-refractivity contribution in [3.63, 3.8) is 0 Å². The molecule has 14 heavy (non-hydrogen) atoms. The number of rotatable bonds is 4. The topological polar surface area (TPSA) is 69.7 Å². The van der Waals surface area contributed by atoms with Gasteiger partial charge in [0.2, 0.25) is 8.32 Å². The lowest BCUT2D eigenvalue weighted by molar-refractivity contribution is -0.142. The highest BCUT2D eigenvalue weighted by Crippen LogP contribution is 2.07. The lowest BCUT2D eigenvalue weighted by Gasteiger charge is -2.19. The molecule has 0 aromatic heterocycles. The summed E-state index contributed by atoms with van der Waals surface area (Å²) in [5.74, 6) is -0.630. The van der Waals surface area contributed by atoms with Crippen molar-refractivity contribution in [3.8, 4) is 0 Å². The average Bonchev–Trinajstić information content (AvgIpc) is 1.78. The van der Waals surface area contributed by atoms with E-state index in [2.05, 4.69) is 4.18 Å². The van der Waals surface area contributed by atoms with Crippen LogP contribution in [0.25, 0.3) is 0 Å². The molecule has 0 bridgehead atoms. The van der Waals surface area contributed by atoms with Crippen LogP contribution in [0.15, 0.2) is 0 Å². The van der Waals surface area contributed by atoms with Gasteiger partial charge in [0.25, 0.3) is 10.1 Å². The Kier molecular flexibility index (Phi) is 4.28. The maximum Gasteiger partial charge on any atom is 0.323 e. The predicted molar refractivity (Wildman–Crippen MR) is 54.8 cm³/mol. The van der Waals surface area contributed by atoms with Crippen LogP contribution in [0.5, 0.6) is 0 Å². The third kappa shape index (κ3) is 7.04. The SMILES string of the molecule is CC(OS(C)(=O)=O)C(=O)O[Si](C)(C)C. The van der Waals surface area contributed by atoms with Crippen LogP contribution in [-0.2, 0) is 23.5 Å². The van der Waals surface area contributed by atoms with E-state index >= 15 is 0 Å². The summed E-state index contributed by atoms with van der Waals surface area (Å²) in [5, 5.41) is 0. The van der Waals surface area contributed by atoms with E-state index in [0.29, 0.717) is 0 Å². The van der Waals surface area contributed by atoms with Crippen LogP contribution in [0, 0.1) is 0 Å². The zero-order valence-electron chi connectivity index (χ0n) is 9.03. The molecule has 0 saturated heterocycles. The smallest absolute Gasteiger partial charge is 0.323 e. The Balaban J connectivity index is 4.29. The first-order chi connectivity index (χ1) is 6.01. The van der Waals surface area contributed by atoms with Crippen molar-refractivity contribution in [3.05, 3.63) is 0 Å². The molecule has 0 fully saturated rings. The van der Waals surface area contributed by atoms with E-state index in [4.69, 9.17) is 4.43 Å². The minimum absolute atomic E-state index is 0.630. The van der Waals surface area contributed by atoms with E-state index in [1.165, 1.54) is 6.92 Å². The van der Waals surface area contributed by atoms with Gasteiger partial charge in [-0.25, -0.2) is 0 Å². The Hall–Kier alpha value is -0.403. The van der Waals surface area contributed by atoms with Gasteiger partial charge in [0.15, 0.2) is 6.10 Å². The maximum absolute atomic E-state index is 11.3. The molecule has 0 aromatic rings. The highest BCUT2D eigenvalue weighted by molar-refractivity contribution is 7.86. The number of carbonyl (C=O) groups excluding carboxylic acids is 1. The highest BCUT2D eigenvalue weighted by atomic mass is 32.2. The summed E-state index contributed by atoms with van der Waals surface area (Å²) < 4.78 is 30.9. The van der Waals surface area contributed by atoms with Crippen LogP contribution in [-0.4, -0.2) is 35.1 Å². The first-order valence-electron chi connectivity index (χ1n) is 4.12. The van der Waals surface area contributed by atoms with E-state index in [1.807, 2.05) is 19.6 Å². The molecule has 0 amide bonds. The fourth-order valence-electron chi connectivity index (χ4n) is 0.686. The molecule has 1 atom stereocenters. The van der Waals surface area contributed by atoms with Crippen molar-refractivity contribution in [1.29, 1.82) is 0 Å². The molecule has 7 heteroatoms. The summed E-state index contributed by atoms with van der Waals surface area (Å²) in [6, 6.07) is 0. The molecule has 0 rings (SSSR count). The summed E-state index contributed by atoms with van der Waals surface area (Å²) in [7, 11) is -5.59. The molecule has 0 aromatic carbocycles. The third-order valence-corrected chi connectivity index (χ3v) is 2.51. The van der Waals surface area contributed by atoms with Crippen molar-refractivity contribution in [2.45, 2.75) is 32.7 Å². The van der Waals surface area contributed by atoms with Gasteiger partial charge in [-0.2, -0.15) is 8.42 Å². The summed E-state index contributed by atoms with van der Waals surface area (Å²) in [4.78, 5) is 11.3. The Bertz CT molecular complexity index is 303. The summed E-state index contributed by atoms with van der Waals surface area (Å²) in [6.07, 6.45) is -0.178. The van der Waals surface area contributed by atoms with Crippen molar-refractivity contribution in [1.82, 2.24) is 0 Å². The first-order valence-corrected chi connectivity index (χ1v) is 9.35. The average molecular weight is 240 g/mol. The molecule has 0 aliphatic carbocycles. The standard InChI is InChI=1S/C7H16O5SSi/c1-6(11-13(2,9)10)7(8)12-14(3,4)5/h6H,1-5H3. The minimum atomic E-state index is -3.61. The summed E-state index contributed by atoms with van der Waals surface area (Å²) in [5.41, 5.74) is 0. The molecule has 0 radical (unpaired) electrons. The Labute approximate surface area is 85.7 Å². The Morgan fingerprint density at radius 2 is 1.71 bits per heavy atom. The molecule has 1 unspecified atom stereocenters. The second kappa shape index (κ2) is 4.41. The first kappa shape index (κ1) is 13.6. The van der Waals surface area contributed by atoms with Gasteiger partial charge in [-0.05, 0) is 26.6 Å². The largest absolute Gasteiger partial charge is 0.518 e. The van der Waals surface area contributed by atoms with E-state index < -0.39 is 30.5 Å². The Morgan fingerprint density at radius 3 is 2.00 bits per heavy atom. The van der Waals surface area contributed by atoms with Gasteiger partial charge in [-0.15, -0.1) is 0 Å². The fraction of sp³-hybridized carbons (Fsp3) is 0.857. The number of hydrogen-bond acceptors (Lipinski definition) is 5. The summed E-state index contributed by atoms with van der Waals surface area (Å²) in [6.45, 7) is 6.84. The monoisotopic (exact) mass is 240 g/mol. The zero-order chi connectivity index (χ0) is 11.6. The molecule has 0 aliphatic rings. The second-order valence-electron chi connectivity index (χ2n) is 3.98. The van der Waals surface area contributed by atoms with Crippen LogP contribution in [0.4, 0.5) is 0 Å². The van der Waals surface area contributed by atoms with Crippen LogP contribution in [0.3, 0.4) is 0 Å². The zero-order valence-corrected chi connectivity index (χ0v) is 10.8. The molecule has 0 aliphatic heterocycles. The molecular formula is C7H16O5SSi. The number of carbonyl (C=O) groups is 1. The van der Waals surface area contributed by atoms with E-state index in [0.717, 1.165) is 6.26 Å². The maximum atomic E-state index is 11.3. The van der Waals surface area contributed by atoms with Crippen molar-refractivity contribution in [2.24, 2.45) is 0 Å². The molecule has 0 spiro atoms. The van der Waals surface area contributed by atoms with Gasteiger partial charge in [0.1, 0.15) is 0 Å². The summed E-state index contributed by atoms with van der Waals surface area (Å²) >= 11 is 0. The van der Waals surface area contributed by atoms with Crippen LogP contribution in [0.2, 0.25) is 19.6 Å². The van der Waals surface area contributed by atoms with Crippen molar-refractivity contribution in [2.75, 3.05) is 6.26 Å². The fourth-order valence-corrected chi connectivity index (χ4v) is 2.06. The van der Waals surface area contributed by atoms with Crippen LogP contribution in [0.1, 0.15) is 6.92 Å². The van der Waals surface area contributed by atoms with Gasteiger partial charge < -0.3 is 4.43 Å². The van der Waals surface area contributed by atoms with Crippen molar-refractivity contribution >= 4 is 24.4 Å². The molecule has 84 valence electrons.